The van der Waals surface area contributed by atoms with Gasteiger partial charge in [0.1, 0.15) is 5.01 Å². The highest BCUT2D eigenvalue weighted by atomic mass is 32.1. The Morgan fingerprint density at radius 3 is 2.72 bits per heavy atom. The summed E-state index contributed by atoms with van der Waals surface area (Å²) < 4.78 is 0. The standard InChI is InChI=1S/C13H23N3OS/c1-5-9(3)16-12(17)8-14-10(4)13-15-7-11(6-2)18-13/h7,9-10,14H,5-6,8H2,1-4H3,(H,16,17). The zero-order valence-electron chi connectivity index (χ0n) is 11.6. The number of amides is 1. The second-order valence-electron chi connectivity index (χ2n) is 4.50. The molecule has 0 aliphatic carbocycles. The quantitative estimate of drug-likeness (QED) is 0.798. The molecule has 5 heteroatoms. The molecule has 1 aromatic heterocycles. The highest BCUT2D eigenvalue weighted by Gasteiger charge is 2.12. The van der Waals surface area contributed by atoms with Gasteiger partial charge in [0, 0.05) is 17.1 Å². The SMILES string of the molecule is CCc1cnc(C(C)NCC(=O)NC(C)CC)s1. The third-order valence-corrected chi connectivity index (χ3v) is 4.20. The van der Waals surface area contributed by atoms with E-state index in [0.29, 0.717) is 6.54 Å². The van der Waals surface area contributed by atoms with Crippen molar-refractivity contribution in [2.75, 3.05) is 6.54 Å². The zero-order valence-corrected chi connectivity index (χ0v) is 12.4. The molecule has 2 unspecified atom stereocenters. The molecule has 0 spiro atoms. The van der Waals surface area contributed by atoms with Crippen molar-refractivity contribution in [3.05, 3.63) is 16.1 Å². The predicted molar refractivity (Wildman–Crippen MR) is 75.8 cm³/mol. The first-order valence-corrected chi connectivity index (χ1v) is 7.35. The molecule has 4 nitrogen and oxygen atoms in total. The van der Waals surface area contributed by atoms with Crippen molar-refractivity contribution in [2.45, 2.75) is 52.6 Å². The van der Waals surface area contributed by atoms with Gasteiger partial charge in [-0.15, -0.1) is 11.3 Å². The van der Waals surface area contributed by atoms with Crippen LogP contribution >= 0.6 is 11.3 Å². The fourth-order valence-corrected chi connectivity index (χ4v) is 2.33. The van der Waals surface area contributed by atoms with Gasteiger partial charge in [-0.3, -0.25) is 10.1 Å². The Balaban J connectivity index is 2.36. The molecule has 0 aromatic carbocycles. The zero-order chi connectivity index (χ0) is 13.5. The first-order valence-electron chi connectivity index (χ1n) is 6.54. The summed E-state index contributed by atoms with van der Waals surface area (Å²) in [6, 6.07) is 0.360. The Kier molecular flexibility index (Phi) is 6.29. The number of thiazole rings is 1. The molecule has 1 rings (SSSR count). The monoisotopic (exact) mass is 269 g/mol. The van der Waals surface area contributed by atoms with Crippen LogP contribution < -0.4 is 10.6 Å². The Bertz CT molecular complexity index is 378. The molecule has 1 amide bonds. The summed E-state index contributed by atoms with van der Waals surface area (Å²) in [5.41, 5.74) is 0. The van der Waals surface area contributed by atoms with E-state index < -0.39 is 0 Å². The largest absolute Gasteiger partial charge is 0.353 e. The molecule has 1 aromatic rings. The molecule has 0 saturated heterocycles. The fourth-order valence-electron chi connectivity index (χ4n) is 1.45. The van der Waals surface area contributed by atoms with Crippen molar-refractivity contribution in [2.24, 2.45) is 0 Å². The third kappa shape index (κ3) is 4.74. The summed E-state index contributed by atoms with van der Waals surface area (Å²) in [5.74, 6) is 0.0449. The fraction of sp³-hybridized carbons (Fsp3) is 0.692. The van der Waals surface area contributed by atoms with Crippen molar-refractivity contribution >= 4 is 17.2 Å². The van der Waals surface area contributed by atoms with Crippen LogP contribution in [-0.4, -0.2) is 23.5 Å². The van der Waals surface area contributed by atoms with E-state index in [4.69, 9.17) is 0 Å². The van der Waals surface area contributed by atoms with E-state index in [-0.39, 0.29) is 18.0 Å². The number of rotatable bonds is 7. The van der Waals surface area contributed by atoms with Crippen LogP contribution in [0, 0.1) is 0 Å². The lowest BCUT2D eigenvalue weighted by Gasteiger charge is -2.14. The third-order valence-electron chi connectivity index (χ3n) is 2.88. The molecule has 2 atom stereocenters. The number of hydrogen-bond acceptors (Lipinski definition) is 4. The second kappa shape index (κ2) is 7.48. The molecule has 1 heterocycles. The average molecular weight is 269 g/mol. The molecule has 0 saturated carbocycles. The van der Waals surface area contributed by atoms with E-state index in [1.54, 1.807) is 11.3 Å². The molecule has 0 bridgehead atoms. The smallest absolute Gasteiger partial charge is 0.234 e. The lowest BCUT2D eigenvalue weighted by molar-refractivity contribution is -0.120. The summed E-state index contributed by atoms with van der Waals surface area (Å²) in [6.07, 6.45) is 3.88. The molecule has 0 aliphatic heterocycles. The van der Waals surface area contributed by atoms with Gasteiger partial charge >= 0.3 is 0 Å². The van der Waals surface area contributed by atoms with Crippen LogP contribution in [-0.2, 0) is 11.2 Å². The minimum atomic E-state index is 0.0449. The van der Waals surface area contributed by atoms with E-state index in [0.717, 1.165) is 17.8 Å². The van der Waals surface area contributed by atoms with Gasteiger partial charge in [-0.05, 0) is 26.7 Å². The number of aryl methyl sites for hydroxylation is 1. The molecule has 0 aliphatic rings. The first kappa shape index (κ1) is 15.1. The van der Waals surface area contributed by atoms with Crippen molar-refractivity contribution in [3.8, 4) is 0 Å². The van der Waals surface area contributed by atoms with Crippen LogP contribution in [0.4, 0.5) is 0 Å². The number of aromatic nitrogens is 1. The molecule has 102 valence electrons. The maximum atomic E-state index is 11.6. The van der Waals surface area contributed by atoms with Crippen molar-refractivity contribution in [1.29, 1.82) is 0 Å². The van der Waals surface area contributed by atoms with Crippen LogP contribution in [0.1, 0.15) is 50.0 Å². The van der Waals surface area contributed by atoms with Gasteiger partial charge in [-0.2, -0.15) is 0 Å². The summed E-state index contributed by atoms with van der Waals surface area (Å²) in [7, 11) is 0. The van der Waals surface area contributed by atoms with Crippen LogP contribution in [0.5, 0.6) is 0 Å². The molecule has 18 heavy (non-hydrogen) atoms. The minimum absolute atomic E-state index is 0.0449. The van der Waals surface area contributed by atoms with Crippen molar-refractivity contribution in [1.82, 2.24) is 15.6 Å². The average Bonchev–Trinajstić information content (AvgIpc) is 2.84. The number of nitrogens with zero attached hydrogens (tertiary/aromatic N) is 1. The Morgan fingerprint density at radius 2 is 2.17 bits per heavy atom. The molecular formula is C13H23N3OS. The lowest BCUT2D eigenvalue weighted by atomic mass is 10.2. The maximum Gasteiger partial charge on any atom is 0.234 e. The first-order chi connectivity index (χ1) is 8.56. The lowest BCUT2D eigenvalue weighted by Crippen LogP contribution is -2.39. The van der Waals surface area contributed by atoms with E-state index in [1.807, 2.05) is 20.0 Å². The summed E-state index contributed by atoms with van der Waals surface area (Å²) >= 11 is 1.71. The van der Waals surface area contributed by atoms with E-state index in [9.17, 15) is 4.79 Å². The van der Waals surface area contributed by atoms with Crippen LogP contribution in [0.15, 0.2) is 6.20 Å². The summed E-state index contributed by atoms with van der Waals surface area (Å²) in [6.45, 7) is 8.56. The number of carbonyl (C=O) groups is 1. The normalized spacial score (nSPS) is 14.2. The predicted octanol–water partition coefficient (Wildman–Crippen LogP) is 2.27. The Labute approximate surface area is 113 Å². The van der Waals surface area contributed by atoms with Crippen molar-refractivity contribution in [3.63, 3.8) is 0 Å². The summed E-state index contributed by atoms with van der Waals surface area (Å²) in [4.78, 5) is 17.3. The van der Waals surface area contributed by atoms with Gasteiger partial charge in [0.2, 0.25) is 5.91 Å². The van der Waals surface area contributed by atoms with Gasteiger partial charge in [-0.1, -0.05) is 13.8 Å². The highest BCUT2D eigenvalue weighted by Crippen LogP contribution is 2.19. The Morgan fingerprint density at radius 1 is 1.44 bits per heavy atom. The second-order valence-corrected chi connectivity index (χ2v) is 5.64. The van der Waals surface area contributed by atoms with Gasteiger partial charge < -0.3 is 5.32 Å². The molecule has 0 radical (unpaired) electrons. The molecule has 0 fully saturated rings. The topological polar surface area (TPSA) is 54.0 Å². The summed E-state index contributed by atoms with van der Waals surface area (Å²) in [5, 5.41) is 7.18. The minimum Gasteiger partial charge on any atom is -0.353 e. The molecule has 2 N–H and O–H groups in total. The Hall–Kier alpha value is -0.940. The van der Waals surface area contributed by atoms with E-state index >= 15 is 0 Å². The van der Waals surface area contributed by atoms with Crippen LogP contribution in [0.25, 0.3) is 0 Å². The maximum absolute atomic E-state index is 11.6. The number of carbonyl (C=O) groups excluding carboxylic acids is 1. The molecular weight excluding hydrogens is 246 g/mol. The van der Waals surface area contributed by atoms with E-state index in [2.05, 4.69) is 29.5 Å². The van der Waals surface area contributed by atoms with Gasteiger partial charge in [0.05, 0.1) is 12.6 Å². The van der Waals surface area contributed by atoms with Gasteiger partial charge in [0.15, 0.2) is 0 Å². The highest BCUT2D eigenvalue weighted by molar-refractivity contribution is 7.11. The number of hydrogen-bond donors (Lipinski definition) is 2. The van der Waals surface area contributed by atoms with E-state index in [1.165, 1.54) is 4.88 Å². The van der Waals surface area contributed by atoms with Gasteiger partial charge in [0.25, 0.3) is 0 Å². The van der Waals surface area contributed by atoms with Crippen LogP contribution in [0.3, 0.4) is 0 Å². The van der Waals surface area contributed by atoms with Crippen LogP contribution in [0.2, 0.25) is 0 Å². The number of nitrogens with one attached hydrogen (secondary N) is 2. The van der Waals surface area contributed by atoms with Gasteiger partial charge in [-0.25, -0.2) is 4.98 Å². The van der Waals surface area contributed by atoms with Crippen molar-refractivity contribution < 1.29 is 4.79 Å².